The van der Waals surface area contributed by atoms with Gasteiger partial charge in [-0.3, -0.25) is 0 Å². The van der Waals surface area contributed by atoms with Crippen LogP contribution in [0.1, 0.15) is 62.3 Å². The first-order valence-electron chi connectivity index (χ1n) is 7.88. The van der Waals surface area contributed by atoms with Gasteiger partial charge in [0.05, 0.1) is 0 Å². The second-order valence-corrected chi connectivity index (χ2v) is 8.20. The van der Waals surface area contributed by atoms with E-state index in [1.807, 2.05) is 7.05 Å². The first-order valence-corrected chi connectivity index (χ1v) is 7.88. The smallest absolute Gasteiger partial charge is 0 e. The number of likely N-dealkylation sites (N-methyl/N-ethyl adjacent to an activating group) is 1. The second-order valence-electron chi connectivity index (χ2n) is 8.20. The van der Waals surface area contributed by atoms with Crippen LogP contribution >= 0.6 is 0 Å². The Morgan fingerprint density at radius 2 is 0.727 bits per heavy atom. The van der Waals surface area contributed by atoms with Gasteiger partial charge in [-0.2, -0.15) is 33.2 Å². The summed E-state index contributed by atoms with van der Waals surface area (Å²) in [7, 11) is 1.82. The van der Waals surface area contributed by atoms with Crippen LogP contribution in [0, 0.1) is 0 Å². The summed E-state index contributed by atoms with van der Waals surface area (Å²) < 4.78 is 0. The van der Waals surface area contributed by atoms with E-state index in [4.69, 9.17) is 0 Å². The Bertz CT molecular complexity index is 221. The zero-order chi connectivity index (χ0) is 17.2. The molecule has 0 saturated heterocycles. The van der Waals surface area contributed by atoms with Gasteiger partial charge in [-0.25, -0.2) is 0 Å². The third-order valence-electron chi connectivity index (χ3n) is 2.18. The largest absolute Gasteiger partial charge is 0.666 e. The van der Waals surface area contributed by atoms with Crippen LogP contribution in [-0.2, 0) is 16.8 Å². The summed E-state index contributed by atoms with van der Waals surface area (Å²) in [5.74, 6) is 0. The molecule has 0 atom stereocenters. The molecule has 0 rings (SSSR count). The molecule has 22 heavy (non-hydrogen) atoms. The Morgan fingerprint density at radius 1 is 0.500 bits per heavy atom. The van der Waals surface area contributed by atoms with Gasteiger partial charge in [0.2, 0.25) is 0 Å². The van der Waals surface area contributed by atoms with Crippen LogP contribution in [0.4, 0.5) is 0 Å². The maximum Gasteiger partial charge on any atom is 0 e. The third-order valence-corrected chi connectivity index (χ3v) is 2.18. The molecular formula is C17H38CoN4-4. The molecule has 0 heterocycles. The molecular weight excluding hydrogens is 319 g/mol. The van der Waals surface area contributed by atoms with Crippen molar-refractivity contribution in [3.63, 3.8) is 0 Å². The average molecular weight is 357 g/mol. The van der Waals surface area contributed by atoms with Crippen molar-refractivity contribution in [1.82, 2.24) is 0 Å². The summed E-state index contributed by atoms with van der Waals surface area (Å²) >= 11 is 0. The normalized spacial score (nSPS) is 12.3. The molecule has 0 N–H and O–H groups in total. The Labute approximate surface area is 150 Å². The Balaban J connectivity index is -0.000000326. The summed E-state index contributed by atoms with van der Waals surface area (Å²) in [6, 6.07) is 0. The second kappa shape index (κ2) is 12.7. The van der Waals surface area contributed by atoms with Crippen LogP contribution in [0.15, 0.2) is 0 Å². The van der Waals surface area contributed by atoms with Gasteiger partial charge in [-0.05, 0) is 0 Å². The molecule has 0 spiro atoms. The molecule has 0 aromatic carbocycles. The van der Waals surface area contributed by atoms with Crippen molar-refractivity contribution in [1.29, 1.82) is 0 Å². The molecule has 0 aliphatic rings. The maximum atomic E-state index is 4.47. The Kier molecular flexibility index (Phi) is 15.7. The molecule has 0 bridgehead atoms. The van der Waals surface area contributed by atoms with Crippen molar-refractivity contribution in [2.75, 3.05) is 33.2 Å². The van der Waals surface area contributed by atoms with E-state index in [1.165, 1.54) is 0 Å². The summed E-state index contributed by atoms with van der Waals surface area (Å²) in [5, 5.41) is 17.2. The molecule has 0 saturated carbocycles. The van der Waals surface area contributed by atoms with Gasteiger partial charge in [0.1, 0.15) is 0 Å². The zero-order valence-electron chi connectivity index (χ0n) is 16.5. The summed E-state index contributed by atoms with van der Waals surface area (Å²) in [4.78, 5) is 0. The number of rotatable bonds is 6. The van der Waals surface area contributed by atoms with Gasteiger partial charge in [-0.15, -0.1) is 16.6 Å². The summed E-state index contributed by atoms with van der Waals surface area (Å²) in [5.41, 5.74) is 0.297. The summed E-state index contributed by atoms with van der Waals surface area (Å²) in [6.45, 7) is 22.4. The van der Waals surface area contributed by atoms with E-state index < -0.39 is 0 Å². The van der Waals surface area contributed by atoms with Gasteiger partial charge in [0.25, 0.3) is 0 Å². The van der Waals surface area contributed by atoms with Crippen LogP contribution in [-0.4, -0.2) is 49.8 Å². The van der Waals surface area contributed by atoms with Crippen LogP contribution in [0.5, 0.6) is 0 Å². The average Bonchev–Trinajstić information content (AvgIpc) is 2.22. The monoisotopic (exact) mass is 357 g/mol. The van der Waals surface area contributed by atoms with Crippen molar-refractivity contribution < 1.29 is 16.8 Å². The van der Waals surface area contributed by atoms with Gasteiger partial charge >= 0.3 is 0 Å². The van der Waals surface area contributed by atoms with E-state index in [9.17, 15) is 0 Å². The first kappa shape index (κ1) is 27.2. The van der Waals surface area contributed by atoms with Crippen LogP contribution < -0.4 is 0 Å². The fourth-order valence-electron chi connectivity index (χ4n) is 1.26. The topological polar surface area (TPSA) is 56.4 Å². The third kappa shape index (κ3) is 32.3. The van der Waals surface area contributed by atoms with Gasteiger partial charge in [-0.1, -0.05) is 62.3 Å². The maximum absolute atomic E-state index is 4.47. The molecule has 139 valence electrons. The molecule has 0 amide bonds. The minimum absolute atomic E-state index is 0. The zero-order valence-corrected chi connectivity index (χ0v) is 17.5. The Morgan fingerprint density at radius 3 is 0.909 bits per heavy atom. The first-order chi connectivity index (χ1) is 9.27. The fourth-order valence-corrected chi connectivity index (χ4v) is 1.26. The molecule has 1 radical (unpaired) electrons. The number of hydrogen-bond donors (Lipinski definition) is 0. The minimum Gasteiger partial charge on any atom is -0.666 e. The molecule has 0 fully saturated rings. The van der Waals surface area contributed by atoms with Crippen LogP contribution in [0.2, 0.25) is 0 Å². The predicted octanol–water partition coefficient (Wildman–Crippen LogP) is 5.49. The van der Waals surface area contributed by atoms with E-state index >= 15 is 0 Å². The van der Waals surface area contributed by atoms with E-state index in [0.717, 1.165) is 26.2 Å². The van der Waals surface area contributed by atoms with Gasteiger partial charge in [0, 0.05) is 16.8 Å². The standard InChI is InChI=1S/C10H22N2.C7H16N2.Co/c1-9(2,3)11-7-8-12-10(4,5)6;1-7(2,3)9-6-5-8-4;/h7-8H2,1-6H3;5-6H2,1-4H3;/q2*-2;. The van der Waals surface area contributed by atoms with E-state index in [1.54, 1.807) is 0 Å². The van der Waals surface area contributed by atoms with E-state index in [0.29, 0.717) is 0 Å². The predicted molar refractivity (Wildman–Crippen MR) is 98.1 cm³/mol. The van der Waals surface area contributed by atoms with Crippen molar-refractivity contribution in [3.8, 4) is 0 Å². The van der Waals surface area contributed by atoms with E-state index in [-0.39, 0.29) is 33.4 Å². The Hall–Kier alpha value is 0.346. The molecule has 0 aliphatic carbocycles. The van der Waals surface area contributed by atoms with E-state index in [2.05, 4.69) is 83.6 Å². The molecule has 5 heteroatoms. The number of hydrogen-bond acceptors (Lipinski definition) is 0. The fraction of sp³-hybridized carbons (Fsp3) is 1.00. The van der Waals surface area contributed by atoms with Gasteiger partial charge in [0.15, 0.2) is 0 Å². The quantitative estimate of drug-likeness (QED) is 0.564. The van der Waals surface area contributed by atoms with Crippen LogP contribution in [0.3, 0.4) is 0 Å². The minimum atomic E-state index is 0. The van der Waals surface area contributed by atoms with Crippen molar-refractivity contribution in [2.45, 2.75) is 78.9 Å². The molecule has 0 aliphatic heterocycles. The number of nitrogens with zero attached hydrogens (tertiary/aromatic N) is 4. The van der Waals surface area contributed by atoms with Crippen molar-refractivity contribution >= 4 is 0 Å². The van der Waals surface area contributed by atoms with Crippen molar-refractivity contribution in [3.05, 3.63) is 21.3 Å². The molecule has 0 unspecified atom stereocenters. The molecule has 0 aromatic rings. The van der Waals surface area contributed by atoms with Crippen LogP contribution in [0.25, 0.3) is 21.3 Å². The van der Waals surface area contributed by atoms with Gasteiger partial charge < -0.3 is 21.3 Å². The summed E-state index contributed by atoms with van der Waals surface area (Å²) in [6.07, 6.45) is 0. The molecule has 0 aromatic heterocycles. The van der Waals surface area contributed by atoms with Crippen molar-refractivity contribution in [2.24, 2.45) is 0 Å². The SMILES string of the molecule is CC(C)(C)[N-]CC[N-]C(C)(C)C.C[N-]CC[N-]C(C)(C)C.[Co]. The molecule has 4 nitrogen and oxygen atoms in total.